The molecule has 0 spiro atoms. The molecule has 2 saturated heterocycles. The van der Waals surface area contributed by atoms with Crippen LogP contribution in [-0.4, -0.2) is 56.7 Å². The first-order valence-electron chi connectivity index (χ1n) is 14.9. The molecule has 8 heteroatoms. The Kier molecular flexibility index (Phi) is 8.14. The minimum absolute atomic E-state index is 0.0705. The fourth-order valence-corrected chi connectivity index (χ4v) is 7.33. The molecule has 3 aliphatic rings. The third kappa shape index (κ3) is 6.06. The van der Waals surface area contributed by atoms with Gasteiger partial charge in [0.15, 0.2) is 0 Å². The molecule has 1 saturated carbocycles. The van der Waals surface area contributed by atoms with Crippen LogP contribution in [0.25, 0.3) is 0 Å². The van der Waals surface area contributed by atoms with E-state index >= 15 is 0 Å². The SMILES string of the molecule is Cc1nnc(C(C)C)n1C1CC2CC[C@@H](C1)N2CCC(C)(CNC(=O)C1CCC(F)(F)CC1)c1ccccc1. The number of piperidine rings is 1. The van der Waals surface area contributed by atoms with Crippen molar-refractivity contribution in [2.45, 2.75) is 121 Å². The highest BCUT2D eigenvalue weighted by molar-refractivity contribution is 5.78. The van der Waals surface area contributed by atoms with Crippen molar-refractivity contribution < 1.29 is 13.6 Å². The molecule has 2 bridgehead atoms. The standard InChI is InChI=1S/C31H45F2N5O/c1-21(2)28-36-35-22(3)38(28)27-18-25-10-11-26(19-27)37(25)17-16-30(4,24-8-6-5-7-9-24)20-34-29(39)23-12-14-31(32,33)15-13-23/h5-9,21,23,25-27H,10-20H2,1-4H3,(H,34,39)/t25-,26?,27?,30?/m0/s1. The summed E-state index contributed by atoms with van der Waals surface area (Å²) in [6.45, 7) is 10.2. The molecule has 1 N–H and O–H groups in total. The monoisotopic (exact) mass is 541 g/mol. The van der Waals surface area contributed by atoms with Crippen LogP contribution < -0.4 is 5.32 Å². The maximum Gasteiger partial charge on any atom is 0.248 e. The number of benzene rings is 1. The minimum atomic E-state index is -2.62. The summed E-state index contributed by atoms with van der Waals surface area (Å²) in [5, 5.41) is 12.1. The number of halogens is 2. The lowest BCUT2D eigenvalue weighted by atomic mass is 9.78. The summed E-state index contributed by atoms with van der Waals surface area (Å²) in [4.78, 5) is 15.7. The van der Waals surface area contributed by atoms with Gasteiger partial charge in [-0.3, -0.25) is 9.69 Å². The van der Waals surface area contributed by atoms with E-state index in [0.29, 0.717) is 30.6 Å². The largest absolute Gasteiger partial charge is 0.355 e. The second-order valence-electron chi connectivity index (χ2n) is 12.9. The van der Waals surface area contributed by atoms with E-state index < -0.39 is 5.92 Å². The molecular formula is C31H45F2N5O. The van der Waals surface area contributed by atoms with Crippen LogP contribution in [-0.2, 0) is 10.2 Å². The van der Waals surface area contributed by atoms with Gasteiger partial charge in [-0.25, -0.2) is 8.78 Å². The van der Waals surface area contributed by atoms with Crippen LogP contribution in [0.15, 0.2) is 30.3 Å². The lowest BCUT2D eigenvalue weighted by molar-refractivity contribution is -0.129. The minimum Gasteiger partial charge on any atom is -0.355 e. The van der Waals surface area contributed by atoms with Crippen molar-refractivity contribution in [3.8, 4) is 0 Å². The zero-order chi connectivity index (χ0) is 27.8. The van der Waals surface area contributed by atoms with Gasteiger partial charge in [0, 0.05) is 54.8 Å². The Balaban J connectivity index is 1.24. The van der Waals surface area contributed by atoms with Gasteiger partial charge in [0.2, 0.25) is 11.8 Å². The Morgan fingerprint density at radius 1 is 1.05 bits per heavy atom. The number of carbonyl (C=O) groups excluding carboxylic acids is 1. The van der Waals surface area contributed by atoms with E-state index in [1.165, 1.54) is 18.4 Å². The topological polar surface area (TPSA) is 63.1 Å². The molecule has 3 heterocycles. The molecule has 1 amide bonds. The summed E-state index contributed by atoms with van der Waals surface area (Å²) >= 11 is 0. The molecule has 2 aromatic rings. The predicted octanol–water partition coefficient (Wildman–Crippen LogP) is 6.17. The molecular weight excluding hydrogens is 496 g/mol. The van der Waals surface area contributed by atoms with Gasteiger partial charge in [-0.05, 0) is 64.0 Å². The molecule has 3 unspecified atom stereocenters. The van der Waals surface area contributed by atoms with E-state index in [-0.39, 0.29) is 42.9 Å². The van der Waals surface area contributed by atoms with Gasteiger partial charge in [-0.15, -0.1) is 10.2 Å². The number of carbonyl (C=O) groups is 1. The third-order valence-electron chi connectivity index (χ3n) is 9.77. The number of hydrogen-bond acceptors (Lipinski definition) is 4. The van der Waals surface area contributed by atoms with Gasteiger partial charge >= 0.3 is 0 Å². The van der Waals surface area contributed by atoms with Gasteiger partial charge in [-0.1, -0.05) is 51.1 Å². The lowest BCUT2D eigenvalue weighted by Gasteiger charge is -2.42. The van der Waals surface area contributed by atoms with Crippen molar-refractivity contribution in [2.24, 2.45) is 5.92 Å². The van der Waals surface area contributed by atoms with E-state index in [1.54, 1.807) is 0 Å². The Hall–Kier alpha value is -2.35. The highest BCUT2D eigenvalue weighted by atomic mass is 19.3. The van der Waals surface area contributed by atoms with Crippen LogP contribution in [0.1, 0.15) is 108 Å². The molecule has 1 aromatic heterocycles. The first-order valence-corrected chi connectivity index (χ1v) is 14.9. The van der Waals surface area contributed by atoms with Crippen molar-refractivity contribution in [2.75, 3.05) is 13.1 Å². The molecule has 6 nitrogen and oxygen atoms in total. The maximum absolute atomic E-state index is 13.6. The van der Waals surface area contributed by atoms with Crippen molar-refractivity contribution in [3.05, 3.63) is 47.5 Å². The summed E-state index contributed by atoms with van der Waals surface area (Å²) < 4.78 is 29.6. The highest BCUT2D eigenvalue weighted by Gasteiger charge is 2.43. The Morgan fingerprint density at radius 2 is 1.69 bits per heavy atom. The fraction of sp³-hybridized carbons (Fsp3) is 0.710. The van der Waals surface area contributed by atoms with E-state index in [9.17, 15) is 13.6 Å². The first-order chi connectivity index (χ1) is 18.6. The summed E-state index contributed by atoms with van der Waals surface area (Å²) in [6, 6.07) is 12.0. The number of nitrogens with one attached hydrogen (secondary N) is 1. The van der Waals surface area contributed by atoms with Crippen molar-refractivity contribution >= 4 is 5.91 Å². The molecule has 1 aromatic carbocycles. The Labute approximate surface area is 231 Å². The van der Waals surface area contributed by atoms with Crippen LogP contribution in [0.5, 0.6) is 0 Å². The average Bonchev–Trinajstić information content (AvgIpc) is 3.42. The molecule has 214 valence electrons. The van der Waals surface area contributed by atoms with E-state index in [4.69, 9.17) is 0 Å². The van der Waals surface area contributed by atoms with Crippen LogP contribution in [0.4, 0.5) is 8.78 Å². The number of alkyl halides is 2. The van der Waals surface area contributed by atoms with Crippen LogP contribution >= 0.6 is 0 Å². The van der Waals surface area contributed by atoms with Crippen molar-refractivity contribution in [1.29, 1.82) is 0 Å². The number of hydrogen-bond donors (Lipinski definition) is 1. The maximum atomic E-state index is 13.6. The number of amides is 1. The smallest absolute Gasteiger partial charge is 0.248 e. The van der Waals surface area contributed by atoms with Gasteiger partial charge in [0.1, 0.15) is 11.6 Å². The molecule has 1 aliphatic carbocycles. The van der Waals surface area contributed by atoms with Gasteiger partial charge in [0.05, 0.1) is 0 Å². The van der Waals surface area contributed by atoms with Crippen LogP contribution in [0.3, 0.4) is 0 Å². The fourth-order valence-electron chi connectivity index (χ4n) is 7.33. The third-order valence-corrected chi connectivity index (χ3v) is 9.77. The molecule has 5 rings (SSSR count). The zero-order valence-corrected chi connectivity index (χ0v) is 24.0. The molecule has 39 heavy (non-hydrogen) atoms. The van der Waals surface area contributed by atoms with Crippen molar-refractivity contribution in [3.63, 3.8) is 0 Å². The molecule has 0 radical (unpaired) electrons. The normalized spacial score (nSPS) is 27.0. The van der Waals surface area contributed by atoms with Crippen LogP contribution in [0, 0.1) is 12.8 Å². The molecule has 4 atom stereocenters. The summed E-state index contributed by atoms with van der Waals surface area (Å²) in [5.74, 6) is -0.528. The summed E-state index contributed by atoms with van der Waals surface area (Å²) in [7, 11) is 0. The number of fused-ring (bicyclic) bond motifs is 2. The predicted molar refractivity (Wildman–Crippen MR) is 149 cm³/mol. The Bertz CT molecular complexity index is 1110. The van der Waals surface area contributed by atoms with E-state index in [1.807, 2.05) is 6.07 Å². The van der Waals surface area contributed by atoms with Gasteiger partial charge in [-0.2, -0.15) is 0 Å². The number of rotatable bonds is 9. The zero-order valence-electron chi connectivity index (χ0n) is 24.0. The Morgan fingerprint density at radius 3 is 2.31 bits per heavy atom. The quantitative estimate of drug-likeness (QED) is 0.413. The second kappa shape index (κ2) is 11.3. The lowest BCUT2D eigenvalue weighted by Crippen LogP contribution is -2.48. The highest BCUT2D eigenvalue weighted by Crippen LogP contribution is 2.43. The first kappa shape index (κ1) is 28.2. The van der Waals surface area contributed by atoms with E-state index in [2.05, 4.69) is 76.9 Å². The molecule has 2 aliphatic heterocycles. The second-order valence-corrected chi connectivity index (χ2v) is 12.9. The number of aromatic nitrogens is 3. The van der Waals surface area contributed by atoms with Gasteiger partial charge < -0.3 is 9.88 Å². The number of aryl methyl sites for hydroxylation is 1. The summed E-state index contributed by atoms with van der Waals surface area (Å²) in [5.41, 5.74) is 0.978. The van der Waals surface area contributed by atoms with E-state index in [0.717, 1.165) is 37.5 Å². The average molecular weight is 542 g/mol. The van der Waals surface area contributed by atoms with Gasteiger partial charge in [0.25, 0.3) is 0 Å². The van der Waals surface area contributed by atoms with Crippen molar-refractivity contribution in [1.82, 2.24) is 25.0 Å². The summed E-state index contributed by atoms with van der Waals surface area (Å²) in [6.07, 6.45) is 5.79. The number of nitrogens with zero attached hydrogens (tertiary/aromatic N) is 4. The molecule has 3 fully saturated rings. The van der Waals surface area contributed by atoms with Crippen LogP contribution in [0.2, 0.25) is 0 Å².